The summed E-state index contributed by atoms with van der Waals surface area (Å²) < 4.78 is 5.45. The second-order valence-corrected chi connectivity index (χ2v) is 2.88. The summed E-state index contributed by atoms with van der Waals surface area (Å²) in [6, 6.07) is 4.86. The van der Waals surface area contributed by atoms with Gasteiger partial charge in [-0.25, -0.2) is 4.98 Å². The van der Waals surface area contributed by atoms with Crippen molar-refractivity contribution in [2.75, 3.05) is 25.1 Å². The summed E-state index contributed by atoms with van der Waals surface area (Å²) in [7, 11) is 2.04. The summed E-state index contributed by atoms with van der Waals surface area (Å²) in [4.78, 5) is 6.25. The quantitative estimate of drug-likeness (QED) is 0.572. The van der Waals surface area contributed by atoms with Crippen LogP contribution < -0.4 is 9.64 Å². The van der Waals surface area contributed by atoms with E-state index in [1.54, 1.807) is 6.20 Å². The van der Waals surface area contributed by atoms with Gasteiger partial charge in [0.1, 0.15) is 5.69 Å². The van der Waals surface area contributed by atoms with Crippen LogP contribution in [0.25, 0.3) is 0 Å². The maximum absolute atomic E-state index is 5.45. The van der Waals surface area contributed by atoms with Gasteiger partial charge in [-0.05, 0) is 12.5 Å². The molecule has 1 aliphatic heterocycles. The number of rotatable bonds is 0. The molecule has 0 fully saturated rings. The first-order valence-electron chi connectivity index (χ1n) is 4.08. The molecule has 0 N–H and O–H groups in total. The average molecular weight is 163 g/mol. The Morgan fingerprint density at radius 1 is 1.67 bits per heavy atom. The highest BCUT2D eigenvalue weighted by atomic mass is 16.5. The molecule has 0 saturated heterocycles. The Morgan fingerprint density at radius 2 is 2.58 bits per heavy atom. The zero-order valence-corrected chi connectivity index (χ0v) is 7.08. The number of nitrogens with zero attached hydrogens (tertiary/aromatic N) is 2. The van der Waals surface area contributed by atoms with Crippen LogP contribution in [0.3, 0.4) is 0 Å². The van der Waals surface area contributed by atoms with Gasteiger partial charge in [0.15, 0.2) is 0 Å². The summed E-state index contributed by atoms with van der Waals surface area (Å²) in [5.74, 6) is 0.730. The van der Waals surface area contributed by atoms with Crippen molar-refractivity contribution in [3.05, 3.63) is 18.3 Å². The second kappa shape index (κ2) is 3.01. The molecular weight excluding hydrogens is 152 g/mol. The number of ether oxygens (including phenoxy) is 1. The van der Waals surface area contributed by atoms with Gasteiger partial charge >= 0.3 is 0 Å². The fourth-order valence-corrected chi connectivity index (χ4v) is 1.32. The first-order valence-corrected chi connectivity index (χ1v) is 4.08. The first kappa shape index (κ1) is 7.40. The fourth-order valence-electron chi connectivity index (χ4n) is 1.32. The molecule has 0 spiro atoms. The molecule has 0 saturated carbocycles. The number of anilines is 1. The standard InChI is InChI=1S/C9H11N2O/c1-11-6-3-7-12-9-8(11)4-2-5-10-9/h4-5H,3,6-7H2,1H3. The Kier molecular flexibility index (Phi) is 1.86. The van der Waals surface area contributed by atoms with E-state index in [1.807, 2.05) is 13.1 Å². The van der Waals surface area contributed by atoms with Crippen LogP contribution in [0.5, 0.6) is 5.88 Å². The van der Waals surface area contributed by atoms with Gasteiger partial charge < -0.3 is 9.64 Å². The predicted molar refractivity (Wildman–Crippen MR) is 46.5 cm³/mol. The van der Waals surface area contributed by atoms with Crippen molar-refractivity contribution < 1.29 is 4.74 Å². The maximum atomic E-state index is 5.45. The molecule has 3 nitrogen and oxygen atoms in total. The van der Waals surface area contributed by atoms with Gasteiger partial charge in [-0.15, -0.1) is 0 Å². The van der Waals surface area contributed by atoms with E-state index in [0.717, 1.165) is 31.1 Å². The summed E-state index contributed by atoms with van der Waals surface area (Å²) >= 11 is 0. The molecule has 12 heavy (non-hydrogen) atoms. The third-order valence-electron chi connectivity index (χ3n) is 1.98. The van der Waals surface area contributed by atoms with Crippen LogP contribution in [-0.4, -0.2) is 25.2 Å². The molecule has 0 aromatic carbocycles. The largest absolute Gasteiger partial charge is 0.476 e. The Labute approximate surface area is 72.0 Å². The van der Waals surface area contributed by atoms with Crippen molar-refractivity contribution >= 4 is 5.69 Å². The van der Waals surface area contributed by atoms with E-state index >= 15 is 0 Å². The number of aromatic nitrogens is 1. The summed E-state index contributed by atoms with van der Waals surface area (Å²) in [6.45, 7) is 1.78. The highest BCUT2D eigenvalue weighted by Crippen LogP contribution is 2.26. The Balaban J connectivity index is 2.39. The second-order valence-electron chi connectivity index (χ2n) is 2.88. The minimum absolute atomic E-state index is 0.730. The van der Waals surface area contributed by atoms with Crippen molar-refractivity contribution in [2.24, 2.45) is 0 Å². The highest BCUT2D eigenvalue weighted by Gasteiger charge is 2.12. The van der Waals surface area contributed by atoms with Gasteiger partial charge in [0.2, 0.25) is 5.88 Å². The fraction of sp³-hybridized carbons (Fsp3) is 0.444. The molecule has 0 atom stereocenters. The van der Waals surface area contributed by atoms with Gasteiger partial charge in [-0.2, -0.15) is 0 Å². The van der Waals surface area contributed by atoms with Crippen molar-refractivity contribution in [1.29, 1.82) is 0 Å². The summed E-state index contributed by atoms with van der Waals surface area (Å²) in [6.07, 6.45) is 2.69. The van der Waals surface area contributed by atoms with E-state index in [0.29, 0.717) is 0 Å². The van der Waals surface area contributed by atoms with Crippen LogP contribution in [0.2, 0.25) is 0 Å². The smallest absolute Gasteiger partial charge is 0.237 e. The van der Waals surface area contributed by atoms with E-state index in [1.165, 1.54) is 0 Å². The summed E-state index contributed by atoms with van der Waals surface area (Å²) in [5, 5.41) is 0. The minimum atomic E-state index is 0.730. The molecule has 0 unspecified atom stereocenters. The van der Waals surface area contributed by atoms with E-state index in [2.05, 4.69) is 16.0 Å². The topological polar surface area (TPSA) is 25.4 Å². The SMILES string of the molecule is CN1CCCOc2nc[c]cc21. The average Bonchev–Trinajstić information content (AvgIpc) is 2.29. The molecule has 2 heterocycles. The van der Waals surface area contributed by atoms with E-state index < -0.39 is 0 Å². The monoisotopic (exact) mass is 163 g/mol. The van der Waals surface area contributed by atoms with E-state index in [-0.39, 0.29) is 0 Å². The van der Waals surface area contributed by atoms with Gasteiger partial charge in [-0.3, -0.25) is 0 Å². The number of fused-ring (bicyclic) bond motifs is 1. The molecule has 1 aromatic rings. The lowest BCUT2D eigenvalue weighted by Crippen LogP contribution is -2.17. The first-order chi connectivity index (χ1) is 5.88. The predicted octanol–water partition coefficient (Wildman–Crippen LogP) is 1.10. The molecule has 63 valence electrons. The molecule has 1 aliphatic rings. The molecule has 0 aliphatic carbocycles. The van der Waals surface area contributed by atoms with Crippen LogP contribution in [0, 0.1) is 6.07 Å². The highest BCUT2D eigenvalue weighted by molar-refractivity contribution is 5.54. The molecule has 1 aromatic heterocycles. The number of hydrogen-bond acceptors (Lipinski definition) is 3. The van der Waals surface area contributed by atoms with Gasteiger partial charge in [0.05, 0.1) is 6.61 Å². The third-order valence-corrected chi connectivity index (χ3v) is 1.98. The Hall–Kier alpha value is -1.25. The lowest BCUT2D eigenvalue weighted by molar-refractivity contribution is 0.311. The van der Waals surface area contributed by atoms with Crippen molar-refractivity contribution in [2.45, 2.75) is 6.42 Å². The zero-order chi connectivity index (χ0) is 8.39. The molecule has 3 heteroatoms. The van der Waals surface area contributed by atoms with Gasteiger partial charge in [-0.1, -0.05) is 0 Å². The normalized spacial score (nSPS) is 16.2. The molecule has 2 rings (SSSR count). The molecule has 0 bridgehead atoms. The van der Waals surface area contributed by atoms with Crippen LogP contribution in [0.15, 0.2) is 12.3 Å². The summed E-state index contributed by atoms with van der Waals surface area (Å²) in [5.41, 5.74) is 1.04. The maximum Gasteiger partial charge on any atom is 0.237 e. The molecule has 1 radical (unpaired) electrons. The van der Waals surface area contributed by atoms with E-state index in [9.17, 15) is 0 Å². The van der Waals surface area contributed by atoms with Gasteiger partial charge in [0, 0.05) is 25.9 Å². The number of hydrogen-bond donors (Lipinski definition) is 0. The van der Waals surface area contributed by atoms with E-state index in [4.69, 9.17) is 4.74 Å². The third kappa shape index (κ3) is 1.22. The number of pyridine rings is 1. The van der Waals surface area contributed by atoms with Crippen molar-refractivity contribution in [1.82, 2.24) is 4.98 Å². The molecular formula is C9H11N2O. The lowest BCUT2D eigenvalue weighted by atomic mass is 10.3. The minimum Gasteiger partial charge on any atom is -0.476 e. The van der Waals surface area contributed by atoms with Crippen molar-refractivity contribution in [3.63, 3.8) is 0 Å². The Bertz CT molecular complexity index is 275. The van der Waals surface area contributed by atoms with Crippen LogP contribution in [0.1, 0.15) is 6.42 Å². The zero-order valence-electron chi connectivity index (χ0n) is 7.08. The molecule has 0 amide bonds. The Morgan fingerprint density at radius 3 is 3.50 bits per heavy atom. The van der Waals surface area contributed by atoms with Crippen LogP contribution >= 0.6 is 0 Å². The van der Waals surface area contributed by atoms with Crippen LogP contribution in [0.4, 0.5) is 5.69 Å². The van der Waals surface area contributed by atoms with Crippen molar-refractivity contribution in [3.8, 4) is 5.88 Å². The lowest BCUT2D eigenvalue weighted by Gasteiger charge is -2.15. The van der Waals surface area contributed by atoms with Gasteiger partial charge in [0.25, 0.3) is 0 Å². The van der Waals surface area contributed by atoms with Crippen LogP contribution in [-0.2, 0) is 0 Å².